The number of likely N-dealkylation sites (N-methyl/N-ethyl adjacent to an activating group) is 1. The van der Waals surface area contributed by atoms with Crippen molar-refractivity contribution in [1.82, 2.24) is 14.8 Å². The zero-order valence-electron chi connectivity index (χ0n) is 14.3. The first-order valence-electron chi connectivity index (χ1n) is 8.50. The maximum absolute atomic E-state index is 8.99. The van der Waals surface area contributed by atoms with Crippen LogP contribution in [0.1, 0.15) is 10.4 Å². The number of thiophene rings is 1. The highest BCUT2D eigenvalue weighted by Gasteiger charge is 2.15. The van der Waals surface area contributed by atoms with Crippen LogP contribution in [0.25, 0.3) is 22.0 Å². The summed E-state index contributed by atoms with van der Waals surface area (Å²) in [6.45, 7) is 5.63. The summed E-state index contributed by atoms with van der Waals surface area (Å²) in [6, 6.07) is 12.6. The topological polar surface area (TPSA) is 43.2 Å². The third-order valence-corrected chi connectivity index (χ3v) is 5.70. The number of piperazine rings is 1. The Labute approximate surface area is 151 Å². The molecule has 0 aliphatic carbocycles. The van der Waals surface area contributed by atoms with E-state index in [-0.39, 0.29) is 0 Å². The molecule has 4 rings (SSSR count). The van der Waals surface area contributed by atoms with Crippen molar-refractivity contribution in [3.05, 3.63) is 52.3 Å². The summed E-state index contributed by atoms with van der Waals surface area (Å²) in [7, 11) is 2.19. The Kier molecular flexibility index (Phi) is 4.50. The van der Waals surface area contributed by atoms with Crippen LogP contribution in [0.3, 0.4) is 0 Å². The van der Waals surface area contributed by atoms with Gasteiger partial charge in [0.25, 0.3) is 0 Å². The fourth-order valence-electron chi connectivity index (χ4n) is 3.20. The second kappa shape index (κ2) is 6.93. The van der Waals surface area contributed by atoms with Gasteiger partial charge in [0.05, 0.1) is 11.1 Å². The molecule has 0 N–H and O–H groups in total. The molecule has 25 heavy (non-hydrogen) atoms. The molecule has 1 fully saturated rings. The first-order chi connectivity index (χ1) is 12.2. The van der Waals surface area contributed by atoms with Gasteiger partial charge in [0.2, 0.25) is 0 Å². The van der Waals surface area contributed by atoms with E-state index >= 15 is 0 Å². The average Bonchev–Trinajstić information content (AvgIpc) is 3.11. The molecule has 0 bridgehead atoms. The van der Waals surface area contributed by atoms with E-state index in [1.807, 2.05) is 17.4 Å². The van der Waals surface area contributed by atoms with E-state index in [9.17, 15) is 0 Å². The summed E-state index contributed by atoms with van der Waals surface area (Å²) in [5, 5.41) is 12.2. The lowest BCUT2D eigenvalue weighted by molar-refractivity contribution is 0.149. The van der Waals surface area contributed by atoms with Gasteiger partial charge in [0.1, 0.15) is 6.07 Å². The molecular weight excluding hydrogens is 328 g/mol. The third kappa shape index (κ3) is 3.57. The van der Waals surface area contributed by atoms with Crippen LogP contribution in [0.5, 0.6) is 0 Å². The molecule has 0 spiro atoms. The number of hydrogen-bond acceptors (Lipinski definition) is 5. The molecule has 3 aromatic rings. The van der Waals surface area contributed by atoms with Crippen molar-refractivity contribution >= 4 is 22.2 Å². The highest BCUT2D eigenvalue weighted by Crippen LogP contribution is 2.29. The number of nitrogens with zero attached hydrogens (tertiary/aromatic N) is 4. The van der Waals surface area contributed by atoms with E-state index in [0.29, 0.717) is 5.56 Å². The van der Waals surface area contributed by atoms with Crippen LogP contribution >= 0.6 is 11.3 Å². The van der Waals surface area contributed by atoms with Crippen molar-refractivity contribution in [2.75, 3.05) is 33.2 Å². The first kappa shape index (κ1) is 16.2. The van der Waals surface area contributed by atoms with Crippen LogP contribution < -0.4 is 0 Å². The quantitative estimate of drug-likeness (QED) is 0.726. The minimum Gasteiger partial charge on any atom is -0.304 e. The smallest absolute Gasteiger partial charge is 0.101 e. The van der Waals surface area contributed by atoms with Crippen LogP contribution in [0.15, 0.2) is 41.9 Å². The molecule has 0 atom stereocenters. The molecule has 3 heterocycles. The molecule has 0 amide bonds. The molecule has 1 saturated heterocycles. The largest absolute Gasteiger partial charge is 0.304 e. The number of nitriles is 1. The molecule has 1 aliphatic heterocycles. The lowest BCUT2D eigenvalue weighted by Crippen LogP contribution is -2.43. The number of rotatable bonds is 3. The number of hydrogen-bond donors (Lipinski definition) is 0. The van der Waals surface area contributed by atoms with Crippen LogP contribution in [0, 0.1) is 11.3 Å². The van der Waals surface area contributed by atoms with Gasteiger partial charge in [-0.25, -0.2) is 0 Å². The molecule has 4 nitrogen and oxygen atoms in total. The highest BCUT2D eigenvalue weighted by molar-refractivity contribution is 7.10. The van der Waals surface area contributed by atoms with Gasteiger partial charge in [-0.2, -0.15) is 5.26 Å². The van der Waals surface area contributed by atoms with Crippen molar-refractivity contribution in [3.8, 4) is 17.2 Å². The van der Waals surface area contributed by atoms with Crippen molar-refractivity contribution in [2.45, 2.75) is 6.54 Å². The molecular formula is C20H20N4S. The molecule has 126 valence electrons. The van der Waals surface area contributed by atoms with Gasteiger partial charge in [0, 0.05) is 49.2 Å². The molecule has 0 saturated carbocycles. The van der Waals surface area contributed by atoms with Crippen molar-refractivity contribution in [1.29, 1.82) is 5.26 Å². The van der Waals surface area contributed by atoms with Crippen molar-refractivity contribution in [2.24, 2.45) is 0 Å². The SMILES string of the molecule is CN1CCN(Cc2cc(-c3ccc4cc(C#N)cnc4c3)cs2)CC1. The Bertz CT molecular complexity index is 932. The molecule has 1 aliphatic rings. The van der Waals surface area contributed by atoms with Gasteiger partial charge in [-0.3, -0.25) is 9.88 Å². The van der Waals surface area contributed by atoms with E-state index in [2.05, 4.69) is 57.5 Å². The van der Waals surface area contributed by atoms with Gasteiger partial charge >= 0.3 is 0 Å². The summed E-state index contributed by atoms with van der Waals surface area (Å²) in [5.74, 6) is 0. The van der Waals surface area contributed by atoms with E-state index in [4.69, 9.17) is 5.26 Å². The fraction of sp³-hybridized carbons (Fsp3) is 0.300. The summed E-state index contributed by atoms with van der Waals surface area (Å²) in [4.78, 5) is 10.7. The zero-order valence-corrected chi connectivity index (χ0v) is 15.1. The molecule has 2 aromatic heterocycles. The second-order valence-electron chi connectivity index (χ2n) is 6.62. The average molecular weight is 348 g/mol. The monoisotopic (exact) mass is 348 g/mol. The zero-order chi connectivity index (χ0) is 17.2. The Morgan fingerprint density at radius 1 is 1.12 bits per heavy atom. The van der Waals surface area contributed by atoms with E-state index in [0.717, 1.165) is 43.6 Å². The second-order valence-corrected chi connectivity index (χ2v) is 7.62. The Hall–Kier alpha value is -2.26. The lowest BCUT2D eigenvalue weighted by Gasteiger charge is -2.31. The van der Waals surface area contributed by atoms with Gasteiger partial charge in [0.15, 0.2) is 0 Å². The predicted octanol–water partition coefficient (Wildman–Crippen LogP) is 3.58. The predicted molar refractivity (Wildman–Crippen MR) is 103 cm³/mol. The third-order valence-electron chi connectivity index (χ3n) is 4.78. The van der Waals surface area contributed by atoms with E-state index < -0.39 is 0 Å². The Morgan fingerprint density at radius 3 is 2.76 bits per heavy atom. The minimum atomic E-state index is 0.602. The summed E-state index contributed by atoms with van der Waals surface area (Å²) in [6.07, 6.45) is 1.64. The number of benzene rings is 1. The van der Waals surface area contributed by atoms with Crippen LogP contribution in [0.4, 0.5) is 0 Å². The standard InChI is InChI=1S/C20H20N4S/c1-23-4-6-24(7-5-23)13-19-9-18(14-25-19)16-2-3-17-8-15(11-21)12-22-20(17)10-16/h2-3,8-10,12,14H,4-7,13H2,1H3. The highest BCUT2D eigenvalue weighted by atomic mass is 32.1. The molecule has 1 aromatic carbocycles. The van der Waals surface area contributed by atoms with E-state index in [1.165, 1.54) is 16.0 Å². The first-order valence-corrected chi connectivity index (χ1v) is 9.38. The summed E-state index contributed by atoms with van der Waals surface area (Å²) < 4.78 is 0. The summed E-state index contributed by atoms with van der Waals surface area (Å²) >= 11 is 1.83. The fourth-order valence-corrected chi connectivity index (χ4v) is 4.14. The number of fused-ring (bicyclic) bond motifs is 1. The molecule has 5 heteroatoms. The van der Waals surface area contributed by atoms with Gasteiger partial charge in [-0.15, -0.1) is 11.3 Å². The van der Waals surface area contributed by atoms with Crippen LogP contribution in [0.2, 0.25) is 0 Å². The van der Waals surface area contributed by atoms with Crippen LogP contribution in [-0.4, -0.2) is 48.0 Å². The minimum absolute atomic E-state index is 0.602. The Morgan fingerprint density at radius 2 is 1.96 bits per heavy atom. The van der Waals surface area contributed by atoms with Gasteiger partial charge in [-0.05, 0) is 41.8 Å². The number of pyridine rings is 1. The lowest BCUT2D eigenvalue weighted by atomic mass is 10.1. The normalized spacial score (nSPS) is 16.2. The van der Waals surface area contributed by atoms with Crippen molar-refractivity contribution < 1.29 is 0 Å². The maximum atomic E-state index is 8.99. The number of aromatic nitrogens is 1. The molecule has 0 unspecified atom stereocenters. The van der Waals surface area contributed by atoms with Crippen molar-refractivity contribution in [3.63, 3.8) is 0 Å². The summed E-state index contributed by atoms with van der Waals surface area (Å²) in [5.41, 5.74) is 3.97. The van der Waals surface area contributed by atoms with Crippen LogP contribution in [-0.2, 0) is 6.54 Å². The van der Waals surface area contributed by atoms with Gasteiger partial charge in [-0.1, -0.05) is 12.1 Å². The van der Waals surface area contributed by atoms with E-state index in [1.54, 1.807) is 6.20 Å². The maximum Gasteiger partial charge on any atom is 0.101 e. The molecule has 0 radical (unpaired) electrons. The van der Waals surface area contributed by atoms with Gasteiger partial charge < -0.3 is 4.90 Å². The Balaban J connectivity index is 1.53.